The molecule has 0 aromatic heterocycles. The van der Waals surface area contributed by atoms with Crippen molar-refractivity contribution in [2.45, 2.75) is 39.8 Å². The highest BCUT2D eigenvalue weighted by Crippen LogP contribution is 2.12. The molecular weight excluding hydrogens is 184 g/mol. The fraction of sp³-hybridized carbons (Fsp3) is 0.615. The highest BCUT2D eigenvalue weighted by atomic mass is 28.2. The van der Waals surface area contributed by atoms with Crippen LogP contribution < -0.4 is 0 Å². The zero-order chi connectivity index (χ0) is 10.6. The molecule has 1 radical (unpaired) electrons. The SMILES string of the molecule is CC(C)C[Si](CC(C)C)=C1[C]=CC=C1. The lowest BCUT2D eigenvalue weighted by molar-refractivity contribution is 0.698. The fourth-order valence-electron chi connectivity index (χ4n) is 1.84. The molecule has 0 heterocycles. The Bertz CT molecular complexity index is 241. The van der Waals surface area contributed by atoms with Gasteiger partial charge >= 0.3 is 0 Å². The Morgan fingerprint density at radius 3 is 2.07 bits per heavy atom. The zero-order valence-corrected chi connectivity index (χ0v) is 10.8. The standard InChI is InChI=1S/C13H21Si/c1-11(2)9-14(10-12(3)4)13-7-5-6-8-13/h5-7,11-12H,9-10H2,1-4H3. The number of hydrogen-bond donors (Lipinski definition) is 0. The molecule has 0 nitrogen and oxygen atoms in total. The van der Waals surface area contributed by atoms with E-state index in [1.54, 1.807) is 0 Å². The summed E-state index contributed by atoms with van der Waals surface area (Å²) >= 11 is 0. The van der Waals surface area contributed by atoms with Crippen molar-refractivity contribution < 1.29 is 0 Å². The third-order valence-electron chi connectivity index (χ3n) is 2.29. The minimum absolute atomic E-state index is 0.334. The molecule has 14 heavy (non-hydrogen) atoms. The summed E-state index contributed by atoms with van der Waals surface area (Å²) < 4.78 is 0. The van der Waals surface area contributed by atoms with Crippen LogP contribution in [0.1, 0.15) is 27.7 Å². The highest BCUT2D eigenvalue weighted by molar-refractivity contribution is 6.74. The molecule has 0 atom stereocenters. The Labute approximate surface area is 90.0 Å². The van der Waals surface area contributed by atoms with E-state index in [1.165, 1.54) is 17.3 Å². The fourth-order valence-corrected chi connectivity index (χ4v) is 5.04. The molecule has 0 saturated heterocycles. The Hall–Kier alpha value is -0.433. The molecule has 0 aromatic carbocycles. The lowest BCUT2D eigenvalue weighted by Crippen LogP contribution is -2.16. The van der Waals surface area contributed by atoms with Gasteiger partial charge in [-0.2, -0.15) is 0 Å². The lowest BCUT2D eigenvalue weighted by Gasteiger charge is -2.13. The van der Waals surface area contributed by atoms with Crippen LogP contribution in [0, 0.1) is 17.9 Å². The molecule has 0 N–H and O–H groups in total. The third-order valence-corrected chi connectivity index (χ3v) is 5.98. The average Bonchev–Trinajstić information content (AvgIpc) is 2.52. The van der Waals surface area contributed by atoms with Gasteiger partial charge in [0.05, 0.1) is 0 Å². The van der Waals surface area contributed by atoms with E-state index in [0.29, 0.717) is 0 Å². The molecule has 1 aliphatic rings. The molecule has 0 fully saturated rings. The van der Waals surface area contributed by atoms with Crippen LogP contribution in [0.25, 0.3) is 0 Å². The van der Waals surface area contributed by atoms with Crippen molar-refractivity contribution in [3.8, 4) is 0 Å². The Morgan fingerprint density at radius 2 is 1.71 bits per heavy atom. The maximum Gasteiger partial charge on any atom is 0.0206 e. The number of hydrogen-bond acceptors (Lipinski definition) is 0. The van der Waals surface area contributed by atoms with Gasteiger partial charge in [0, 0.05) is 8.41 Å². The molecule has 1 rings (SSSR count). The monoisotopic (exact) mass is 205 g/mol. The van der Waals surface area contributed by atoms with Gasteiger partial charge in [-0.1, -0.05) is 45.9 Å². The summed E-state index contributed by atoms with van der Waals surface area (Å²) in [6.07, 6.45) is 9.84. The highest BCUT2D eigenvalue weighted by Gasteiger charge is 2.10. The molecule has 0 aliphatic heterocycles. The van der Waals surface area contributed by atoms with Crippen molar-refractivity contribution in [2.24, 2.45) is 11.8 Å². The van der Waals surface area contributed by atoms with Gasteiger partial charge in [-0.05, 0) is 35.2 Å². The van der Waals surface area contributed by atoms with Gasteiger partial charge < -0.3 is 0 Å². The predicted octanol–water partition coefficient (Wildman–Crippen LogP) is 3.48. The first-order chi connectivity index (χ1) is 6.59. The van der Waals surface area contributed by atoms with Crippen molar-refractivity contribution in [1.29, 1.82) is 0 Å². The van der Waals surface area contributed by atoms with E-state index in [2.05, 4.69) is 52.0 Å². The van der Waals surface area contributed by atoms with Crippen LogP contribution in [0.15, 0.2) is 18.2 Å². The van der Waals surface area contributed by atoms with E-state index in [0.717, 1.165) is 11.8 Å². The van der Waals surface area contributed by atoms with Gasteiger partial charge in [0.25, 0.3) is 0 Å². The van der Waals surface area contributed by atoms with Crippen molar-refractivity contribution in [2.75, 3.05) is 0 Å². The Morgan fingerprint density at radius 1 is 1.14 bits per heavy atom. The van der Waals surface area contributed by atoms with Gasteiger partial charge in [-0.25, -0.2) is 0 Å². The van der Waals surface area contributed by atoms with Crippen molar-refractivity contribution in [1.82, 2.24) is 0 Å². The zero-order valence-electron chi connectivity index (χ0n) is 9.80. The molecular formula is C13H21Si. The summed E-state index contributed by atoms with van der Waals surface area (Å²) in [5.74, 6) is 1.65. The van der Waals surface area contributed by atoms with Crippen LogP contribution in [-0.4, -0.2) is 13.6 Å². The maximum absolute atomic E-state index is 3.39. The first-order valence-corrected chi connectivity index (χ1v) is 7.49. The van der Waals surface area contributed by atoms with Gasteiger partial charge in [-0.3, -0.25) is 0 Å². The second-order valence-electron chi connectivity index (χ2n) is 4.88. The molecule has 77 valence electrons. The van der Waals surface area contributed by atoms with Crippen LogP contribution in [0.3, 0.4) is 0 Å². The van der Waals surface area contributed by atoms with Crippen LogP contribution in [0.2, 0.25) is 12.1 Å². The smallest absolute Gasteiger partial charge is 0.0206 e. The van der Waals surface area contributed by atoms with E-state index in [4.69, 9.17) is 0 Å². The summed E-state index contributed by atoms with van der Waals surface area (Å²) in [6, 6.07) is 2.78. The molecule has 0 unspecified atom stereocenters. The topological polar surface area (TPSA) is 0 Å². The minimum atomic E-state index is -0.334. The molecule has 1 aliphatic carbocycles. The van der Waals surface area contributed by atoms with Gasteiger partial charge in [0.1, 0.15) is 0 Å². The first-order valence-electron chi connectivity index (χ1n) is 5.58. The maximum atomic E-state index is 3.39. The minimum Gasteiger partial charge on any atom is -0.0628 e. The molecule has 0 spiro atoms. The van der Waals surface area contributed by atoms with Gasteiger partial charge in [0.15, 0.2) is 0 Å². The summed E-state index contributed by atoms with van der Waals surface area (Å²) in [5, 5.41) is 1.51. The quantitative estimate of drug-likeness (QED) is 0.616. The van der Waals surface area contributed by atoms with Crippen LogP contribution in [0.4, 0.5) is 0 Å². The van der Waals surface area contributed by atoms with Gasteiger partial charge in [-0.15, -0.1) is 0 Å². The molecule has 0 amide bonds. The normalized spacial score (nSPS) is 14.9. The molecule has 0 aromatic rings. The van der Waals surface area contributed by atoms with Crippen molar-refractivity contribution >= 4 is 13.6 Å². The summed E-state index contributed by atoms with van der Waals surface area (Å²) in [7, 11) is -0.334. The lowest BCUT2D eigenvalue weighted by atomic mass is 10.3. The second-order valence-corrected chi connectivity index (χ2v) is 7.45. The largest absolute Gasteiger partial charge is 0.0628 e. The van der Waals surface area contributed by atoms with E-state index in [-0.39, 0.29) is 8.41 Å². The average molecular weight is 205 g/mol. The molecule has 0 bridgehead atoms. The van der Waals surface area contributed by atoms with Gasteiger partial charge in [0.2, 0.25) is 0 Å². The van der Waals surface area contributed by atoms with Crippen LogP contribution >= 0.6 is 0 Å². The molecule has 0 saturated carbocycles. The Balaban J connectivity index is 2.75. The van der Waals surface area contributed by atoms with Crippen LogP contribution in [0.5, 0.6) is 0 Å². The third kappa shape index (κ3) is 3.75. The summed E-state index contributed by atoms with van der Waals surface area (Å²) in [4.78, 5) is 0. The van der Waals surface area contributed by atoms with Crippen molar-refractivity contribution in [3.05, 3.63) is 24.3 Å². The van der Waals surface area contributed by atoms with E-state index < -0.39 is 0 Å². The number of rotatable bonds is 4. The van der Waals surface area contributed by atoms with E-state index in [1.807, 2.05) is 0 Å². The van der Waals surface area contributed by atoms with E-state index in [9.17, 15) is 0 Å². The summed E-state index contributed by atoms with van der Waals surface area (Å²) in [5.41, 5.74) is 0. The predicted molar refractivity (Wildman–Crippen MR) is 67.0 cm³/mol. The number of allylic oxidation sites excluding steroid dienone is 4. The Kier molecular flexibility index (Phi) is 4.53. The second kappa shape index (κ2) is 5.45. The van der Waals surface area contributed by atoms with Crippen molar-refractivity contribution in [3.63, 3.8) is 0 Å². The first kappa shape index (κ1) is 11.6. The van der Waals surface area contributed by atoms with Crippen LogP contribution in [-0.2, 0) is 0 Å². The van der Waals surface area contributed by atoms with E-state index >= 15 is 0 Å². The molecule has 1 heteroatoms. The summed E-state index contributed by atoms with van der Waals surface area (Å²) in [6.45, 7) is 9.31.